The van der Waals surface area contributed by atoms with Gasteiger partial charge in [0.15, 0.2) is 0 Å². The number of fused-ring (bicyclic) bond motifs is 1. The van der Waals surface area contributed by atoms with Crippen molar-refractivity contribution in [2.45, 2.75) is 30.0 Å². The summed E-state index contributed by atoms with van der Waals surface area (Å²) >= 11 is 3.32. The molecule has 3 nitrogen and oxygen atoms in total. The van der Waals surface area contributed by atoms with Crippen LogP contribution in [0.15, 0.2) is 40.6 Å². The minimum absolute atomic E-state index is 0.116. The molecule has 2 heterocycles. The molecule has 0 aliphatic carbocycles. The first-order chi connectivity index (χ1) is 10.1. The number of amides is 1. The Morgan fingerprint density at radius 1 is 1.33 bits per heavy atom. The maximum Gasteiger partial charge on any atom is 0.236 e. The number of hydrogen-bond donors (Lipinski definition) is 1. The lowest BCUT2D eigenvalue weighted by Gasteiger charge is -2.29. The second-order valence-electron chi connectivity index (χ2n) is 5.13. The molecule has 1 amide bonds. The van der Waals surface area contributed by atoms with Crippen LogP contribution in [0.1, 0.15) is 17.4 Å². The van der Waals surface area contributed by atoms with Gasteiger partial charge in [0.05, 0.1) is 5.25 Å². The van der Waals surface area contributed by atoms with Crippen LogP contribution < -0.4 is 0 Å². The number of aromatic hydroxyl groups is 1. The van der Waals surface area contributed by atoms with E-state index in [2.05, 4.69) is 11.4 Å². The molecule has 5 heteroatoms. The first-order valence-electron chi connectivity index (χ1n) is 6.93. The molecular formula is C16H17NO2S2. The first kappa shape index (κ1) is 14.5. The Bertz CT molecular complexity index is 636. The van der Waals surface area contributed by atoms with Crippen molar-refractivity contribution >= 4 is 29.0 Å². The Morgan fingerprint density at radius 2 is 2.10 bits per heavy atom. The largest absolute Gasteiger partial charge is 0.508 e. The Kier molecular flexibility index (Phi) is 4.22. The van der Waals surface area contributed by atoms with Crippen molar-refractivity contribution in [2.75, 3.05) is 6.54 Å². The normalized spacial score (nSPS) is 15.6. The second kappa shape index (κ2) is 6.12. The second-order valence-corrected chi connectivity index (χ2v) is 7.55. The highest BCUT2D eigenvalue weighted by atomic mass is 32.2. The third-order valence-corrected chi connectivity index (χ3v) is 5.74. The fraction of sp³-hybridized carbons (Fsp3) is 0.312. The lowest BCUT2D eigenvalue weighted by molar-refractivity contribution is -0.131. The minimum Gasteiger partial charge on any atom is -0.508 e. The molecule has 1 aromatic heterocycles. The van der Waals surface area contributed by atoms with Crippen LogP contribution in [0, 0.1) is 0 Å². The Hall–Kier alpha value is -1.46. The van der Waals surface area contributed by atoms with Crippen molar-refractivity contribution < 1.29 is 9.90 Å². The number of nitrogens with zero attached hydrogens (tertiary/aromatic N) is 1. The van der Waals surface area contributed by atoms with Gasteiger partial charge < -0.3 is 10.0 Å². The zero-order chi connectivity index (χ0) is 14.8. The van der Waals surface area contributed by atoms with E-state index < -0.39 is 0 Å². The summed E-state index contributed by atoms with van der Waals surface area (Å²) in [6.07, 6.45) is 0.968. The number of rotatable bonds is 3. The lowest BCUT2D eigenvalue weighted by Crippen LogP contribution is -2.39. The van der Waals surface area contributed by atoms with Crippen LogP contribution in [0.5, 0.6) is 5.75 Å². The van der Waals surface area contributed by atoms with Gasteiger partial charge in [-0.1, -0.05) is 0 Å². The lowest BCUT2D eigenvalue weighted by atomic mass is 10.1. The summed E-state index contributed by atoms with van der Waals surface area (Å²) in [7, 11) is 0. The van der Waals surface area contributed by atoms with E-state index in [9.17, 15) is 9.90 Å². The molecule has 1 aliphatic heterocycles. The molecule has 0 fully saturated rings. The predicted molar refractivity (Wildman–Crippen MR) is 86.9 cm³/mol. The molecule has 1 aromatic carbocycles. The Labute approximate surface area is 132 Å². The number of carbonyl (C=O) groups excluding carboxylic acids is 1. The smallest absolute Gasteiger partial charge is 0.236 e. The number of hydrogen-bond acceptors (Lipinski definition) is 4. The number of thioether (sulfide) groups is 1. The number of thiophene rings is 1. The predicted octanol–water partition coefficient (Wildman–Crippen LogP) is 3.52. The van der Waals surface area contributed by atoms with Gasteiger partial charge in [-0.15, -0.1) is 23.1 Å². The third-order valence-electron chi connectivity index (χ3n) is 3.62. The van der Waals surface area contributed by atoms with E-state index in [1.165, 1.54) is 22.2 Å². The van der Waals surface area contributed by atoms with E-state index in [-0.39, 0.29) is 16.9 Å². The van der Waals surface area contributed by atoms with Crippen molar-refractivity contribution in [1.82, 2.24) is 4.90 Å². The van der Waals surface area contributed by atoms with Crippen LogP contribution in [-0.2, 0) is 17.8 Å². The van der Waals surface area contributed by atoms with Crippen molar-refractivity contribution in [3.63, 3.8) is 0 Å². The Morgan fingerprint density at radius 3 is 2.86 bits per heavy atom. The van der Waals surface area contributed by atoms with Crippen LogP contribution in [0.25, 0.3) is 0 Å². The molecule has 1 N–H and O–H groups in total. The molecule has 21 heavy (non-hydrogen) atoms. The van der Waals surface area contributed by atoms with Gasteiger partial charge in [0.1, 0.15) is 5.75 Å². The molecule has 0 bridgehead atoms. The topological polar surface area (TPSA) is 40.5 Å². The minimum atomic E-state index is -0.116. The molecule has 2 aromatic rings. The zero-order valence-corrected chi connectivity index (χ0v) is 13.4. The quantitative estimate of drug-likeness (QED) is 0.880. The maximum atomic E-state index is 12.6. The molecule has 0 spiro atoms. The number of phenols is 1. The van der Waals surface area contributed by atoms with Crippen LogP contribution in [0.4, 0.5) is 0 Å². The highest BCUT2D eigenvalue weighted by Crippen LogP contribution is 2.29. The Balaban J connectivity index is 1.64. The summed E-state index contributed by atoms with van der Waals surface area (Å²) in [6.45, 7) is 3.49. The van der Waals surface area contributed by atoms with E-state index >= 15 is 0 Å². The van der Waals surface area contributed by atoms with Crippen molar-refractivity contribution in [3.8, 4) is 5.75 Å². The highest BCUT2D eigenvalue weighted by Gasteiger charge is 2.25. The van der Waals surface area contributed by atoms with E-state index in [1.807, 2.05) is 24.0 Å². The van der Waals surface area contributed by atoms with Gasteiger partial charge in [0.2, 0.25) is 5.91 Å². The van der Waals surface area contributed by atoms with Crippen molar-refractivity contribution in [3.05, 3.63) is 46.2 Å². The van der Waals surface area contributed by atoms with Gasteiger partial charge >= 0.3 is 0 Å². The number of benzene rings is 1. The molecule has 3 rings (SSSR count). The SMILES string of the molecule is C[C@@H](Sc1ccc(O)cc1)C(=O)N1CCc2sccc2C1. The molecule has 1 atom stereocenters. The summed E-state index contributed by atoms with van der Waals surface area (Å²) in [4.78, 5) is 16.9. The van der Waals surface area contributed by atoms with Crippen LogP contribution in [0.2, 0.25) is 0 Å². The average Bonchev–Trinajstić information content (AvgIpc) is 2.96. The molecule has 0 saturated heterocycles. The maximum absolute atomic E-state index is 12.6. The van der Waals surface area contributed by atoms with Gasteiger partial charge in [-0.2, -0.15) is 0 Å². The summed E-state index contributed by atoms with van der Waals surface area (Å²) in [5.41, 5.74) is 1.29. The molecular weight excluding hydrogens is 302 g/mol. The van der Waals surface area contributed by atoms with Gasteiger partial charge in [0, 0.05) is 22.9 Å². The standard InChI is InChI=1S/C16H17NO2S2/c1-11(21-14-4-2-13(18)3-5-14)16(19)17-8-6-15-12(10-17)7-9-20-15/h2-5,7,9,11,18H,6,8,10H2,1H3/t11-/m1/s1. The van der Waals surface area contributed by atoms with Gasteiger partial charge in [-0.3, -0.25) is 4.79 Å². The first-order valence-corrected chi connectivity index (χ1v) is 8.69. The summed E-state index contributed by atoms with van der Waals surface area (Å²) in [5.74, 6) is 0.435. The van der Waals surface area contributed by atoms with Gasteiger partial charge in [0.25, 0.3) is 0 Å². The van der Waals surface area contributed by atoms with Crippen LogP contribution in [-0.4, -0.2) is 27.7 Å². The van der Waals surface area contributed by atoms with E-state index in [1.54, 1.807) is 23.5 Å². The van der Waals surface area contributed by atoms with Crippen LogP contribution in [0.3, 0.4) is 0 Å². The number of phenolic OH excluding ortho intramolecular Hbond substituents is 1. The molecule has 0 saturated carbocycles. The highest BCUT2D eigenvalue weighted by molar-refractivity contribution is 8.00. The van der Waals surface area contributed by atoms with Crippen LogP contribution >= 0.6 is 23.1 Å². The fourth-order valence-corrected chi connectivity index (χ4v) is 4.31. The molecule has 0 unspecified atom stereocenters. The van der Waals surface area contributed by atoms with E-state index in [0.29, 0.717) is 0 Å². The van der Waals surface area contributed by atoms with Gasteiger partial charge in [-0.25, -0.2) is 0 Å². The summed E-state index contributed by atoms with van der Waals surface area (Å²) in [6, 6.07) is 9.11. The molecule has 0 radical (unpaired) electrons. The fourth-order valence-electron chi connectivity index (χ4n) is 2.47. The molecule has 1 aliphatic rings. The summed E-state index contributed by atoms with van der Waals surface area (Å²) < 4.78 is 0. The zero-order valence-electron chi connectivity index (χ0n) is 11.8. The number of carbonyl (C=O) groups is 1. The molecule has 110 valence electrons. The van der Waals surface area contributed by atoms with E-state index in [0.717, 1.165) is 24.4 Å². The average molecular weight is 319 g/mol. The van der Waals surface area contributed by atoms with E-state index in [4.69, 9.17) is 0 Å². The summed E-state index contributed by atoms with van der Waals surface area (Å²) in [5, 5.41) is 11.3. The van der Waals surface area contributed by atoms with Crippen molar-refractivity contribution in [2.24, 2.45) is 0 Å². The third kappa shape index (κ3) is 3.24. The van der Waals surface area contributed by atoms with Crippen molar-refractivity contribution in [1.29, 1.82) is 0 Å². The van der Waals surface area contributed by atoms with Gasteiger partial charge in [-0.05, 0) is 54.6 Å². The monoisotopic (exact) mass is 319 g/mol.